The van der Waals surface area contributed by atoms with Crippen LogP contribution in [0.3, 0.4) is 0 Å². The number of hydrogen-bond donors (Lipinski definition) is 4. The van der Waals surface area contributed by atoms with Gasteiger partial charge in [-0.2, -0.15) is 0 Å². The number of carbonyl (C=O) groups excluding carboxylic acids is 3. The average Bonchev–Trinajstić information content (AvgIpc) is 2.87. The number of aliphatic hydroxyl groups excluding tert-OH is 3. The highest BCUT2D eigenvalue weighted by atomic mass is 16.6. The van der Waals surface area contributed by atoms with Crippen LogP contribution in [-0.2, 0) is 23.8 Å². The minimum atomic E-state index is -2.07. The summed E-state index contributed by atoms with van der Waals surface area (Å²) in [6.07, 6.45) is -7.26. The quantitative estimate of drug-likeness (QED) is 0.320. The molecule has 1 saturated heterocycles. The average molecular weight is 545 g/mol. The number of ketones is 1. The van der Waals surface area contributed by atoms with Crippen molar-refractivity contribution in [3.63, 3.8) is 0 Å². The number of fused-ring (bicyclic) bond motifs is 5. The molecule has 3 unspecified atom stereocenters. The second-order valence-electron chi connectivity index (χ2n) is 12.2. The molecule has 5 rings (SSSR count). The lowest BCUT2D eigenvalue weighted by Crippen LogP contribution is -2.81. The van der Waals surface area contributed by atoms with Gasteiger partial charge in [-0.05, 0) is 37.1 Å². The maximum Gasteiger partial charge on any atom is 0.338 e. The highest BCUT2D eigenvalue weighted by molar-refractivity contribution is 5.94. The molecule has 1 aromatic rings. The van der Waals surface area contributed by atoms with Crippen molar-refractivity contribution in [1.29, 1.82) is 0 Å². The van der Waals surface area contributed by atoms with Gasteiger partial charge in [0.2, 0.25) is 0 Å². The molecule has 10 heteroatoms. The van der Waals surface area contributed by atoms with Gasteiger partial charge in [0.25, 0.3) is 0 Å². The lowest BCUT2D eigenvalue weighted by molar-refractivity contribution is -0.345. The van der Waals surface area contributed by atoms with Crippen LogP contribution in [-0.4, -0.2) is 86.5 Å². The van der Waals surface area contributed by atoms with Crippen molar-refractivity contribution in [3.05, 3.63) is 47.0 Å². The van der Waals surface area contributed by atoms with Crippen molar-refractivity contribution >= 4 is 17.7 Å². The van der Waals surface area contributed by atoms with Crippen LogP contribution < -0.4 is 0 Å². The topological polar surface area (TPSA) is 160 Å². The molecular weight excluding hydrogens is 508 g/mol. The summed E-state index contributed by atoms with van der Waals surface area (Å²) in [7, 11) is 0. The maximum absolute atomic E-state index is 14.3. The summed E-state index contributed by atoms with van der Waals surface area (Å²) in [6, 6.07) is 8.08. The molecule has 3 aliphatic carbocycles. The molecule has 0 spiro atoms. The van der Waals surface area contributed by atoms with E-state index in [0.717, 1.165) is 0 Å². The van der Waals surface area contributed by atoms with Crippen LogP contribution in [0.1, 0.15) is 57.8 Å². The van der Waals surface area contributed by atoms with Gasteiger partial charge in [0.05, 0.1) is 35.7 Å². The predicted octanol–water partition coefficient (Wildman–Crippen LogP) is 1.08. The van der Waals surface area contributed by atoms with Crippen LogP contribution in [0.15, 0.2) is 41.5 Å². The third-order valence-electron chi connectivity index (χ3n) is 9.95. The molecule has 212 valence electrons. The highest BCUT2D eigenvalue weighted by Crippen LogP contribution is 2.63. The number of rotatable bonds is 3. The van der Waals surface area contributed by atoms with Crippen LogP contribution in [0.4, 0.5) is 0 Å². The molecule has 10 nitrogen and oxygen atoms in total. The molecule has 2 bridgehead atoms. The Hall–Kier alpha value is -2.63. The first kappa shape index (κ1) is 27.9. The summed E-state index contributed by atoms with van der Waals surface area (Å²) >= 11 is 0. The van der Waals surface area contributed by atoms with Gasteiger partial charge in [-0.25, -0.2) is 4.79 Å². The number of esters is 2. The second kappa shape index (κ2) is 8.94. The fraction of sp³-hybridized carbons (Fsp3) is 0.621. The van der Waals surface area contributed by atoms with Gasteiger partial charge >= 0.3 is 11.9 Å². The van der Waals surface area contributed by atoms with Gasteiger partial charge < -0.3 is 34.6 Å². The molecular formula is C29H36O10. The van der Waals surface area contributed by atoms with Crippen LogP contribution in [0, 0.1) is 16.7 Å². The summed E-state index contributed by atoms with van der Waals surface area (Å²) in [5.74, 6) is -3.60. The summed E-state index contributed by atoms with van der Waals surface area (Å²) in [4.78, 5) is 40.3. The Morgan fingerprint density at radius 1 is 1.08 bits per heavy atom. The van der Waals surface area contributed by atoms with E-state index in [9.17, 15) is 34.8 Å². The van der Waals surface area contributed by atoms with E-state index in [1.54, 1.807) is 39.0 Å². The fourth-order valence-electron chi connectivity index (χ4n) is 7.66. The van der Waals surface area contributed by atoms with E-state index in [1.165, 1.54) is 26.0 Å². The largest absolute Gasteiger partial charge is 0.455 e. The molecule has 2 saturated carbocycles. The molecule has 1 aliphatic heterocycles. The number of carbonyl (C=O) groups is 3. The van der Waals surface area contributed by atoms with E-state index in [-0.39, 0.29) is 30.6 Å². The number of hydrogen-bond acceptors (Lipinski definition) is 10. The van der Waals surface area contributed by atoms with Crippen LogP contribution in [0.5, 0.6) is 0 Å². The fourth-order valence-corrected chi connectivity index (χ4v) is 7.66. The van der Waals surface area contributed by atoms with E-state index >= 15 is 0 Å². The summed E-state index contributed by atoms with van der Waals surface area (Å²) in [5.41, 5.74) is -6.24. The third-order valence-corrected chi connectivity index (χ3v) is 9.95. The minimum Gasteiger partial charge on any atom is -0.455 e. The monoisotopic (exact) mass is 544 g/mol. The first-order valence-corrected chi connectivity index (χ1v) is 13.2. The Bertz CT molecular complexity index is 1240. The van der Waals surface area contributed by atoms with E-state index in [0.29, 0.717) is 5.57 Å². The minimum absolute atomic E-state index is 0.0828. The Balaban J connectivity index is 1.81. The first-order valence-electron chi connectivity index (χ1n) is 13.2. The van der Waals surface area contributed by atoms with Crippen molar-refractivity contribution in [3.8, 4) is 0 Å². The number of benzene rings is 1. The first-order chi connectivity index (χ1) is 18.1. The van der Waals surface area contributed by atoms with Gasteiger partial charge in [0, 0.05) is 25.2 Å². The number of aliphatic hydroxyl groups is 4. The van der Waals surface area contributed by atoms with Gasteiger partial charge in [-0.1, -0.05) is 32.0 Å². The van der Waals surface area contributed by atoms with Gasteiger partial charge in [-0.3, -0.25) is 9.59 Å². The van der Waals surface area contributed by atoms with Crippen LogP contribution in [0.2, 0.25) is 0 Å². The Kier molecular flexibility index (Phi) is 6.40. The van der Waals surface area contributed by atoms with Gasteiger partial charge in [0.1, 0.15) is 23.9 Å². The van der Waals surface area contributed by atoms with Crippen LogP contribution in [0.25, 0.3) is 0 Å². The predicted molar refractivity (Wildman–Crippen MR) is 135 cm³/mol. The standard InChI is InChI=1S/C29H36O10/c1-14-17(31)12-29(36)24(38-25(35)16-9-7-6-8-10-16)22-27(5,23(34)21(33)20(14)26(29,3)4)18(32)11-19-28(22,13-37-19)39-15(2)30/h6-10,17-19,21-22,24,31-33,36H,11-13H2,1-5H3/t17?,18-,19+,21+,22?,24+,27+,28?,29+/m0/s1. The lowest BCUT2D eigenvalue weighted by atomic mass is 9.44. The van der Waals surface area contributed by atoms with Crippen molar-refractivity contribution in [1.82, 2.24) is 0 Å². The molecule has 0 radical (unpaired) electrons. The third kappa shape index (κ3) is 3.62. The molecule has 1 heterocycles. The molecule has 4 N–H and O–H groups in total. The lowest BCUT2D eigenvalue weighted by Gasteiger charge is -2.67. The maximum atomic E-state index is 14.3. The Morgan fingerprint density at radius 2 is 1.72 bits per heavy atom. The van der Waals surface area contributed by atoms with Crippen molar-refractivity contribution in [2.75, 3.05) is 6.61 Å². The van der Waals surface area contributed by atoms with E-state index in [4.69, 9.17) is 14.2 Å². The normalized spacial score (nSPS) is 42.7. The molecule has 39 heavy (non-hydrogen) atoms. The van der Waals surface area contributed by atoms with Crippen molar-refractivity contribution < 1.29 is 49.0 Å². The second-order valence-corrected chi connectivity index (χ2v) is 12.2. The summed E-state index contributed by atoms with van der Waals surface area (Å²) in [6.45, 7) is 7.29. The SMILES string of the molecule is CC(=O)OC12CO[C@@H]1C[C@H](O)[C@@]1(C)C(=O)[C@H](O)C3=C(C)C(O)C[C@@](O)([C@H](OC(=O)c4ccccc4)C21)C3(C)C. The van der Waals surface area contributed by atoms with E-state index in [2.05, 4.69) is 0 Å². The zero-order valence-corrected chi connectivity index (χ0v) is 22.7. The van der Waals surface area contributed by atoms with Crippen molar-refractivity contribution in [2.45, 2.75) is 89.2 Å². The van der Waals surface area contributed by atoms with E-state index < -0.39 is 76.2 Å². The molecule has 4 aliphatic rings. The molecule has 0 aromatic heterocycles. The van der Waals surface area contributed by atoms with Crippen LogP contribution >= 0.6 is 0 Å². The Morgan fingerprint density at radius 3 is 2.28 bits per heavy atom. The summed E-state index contributed by atoms with van der Waals surface area (Å²) in [5, 5.41) is 46.7. The number of ether oxygens (including phenoxy) is 3. The molecule has 1 aromatic carbocycles. The zero-order chi connectivity index (χ0) is 28.7. The summed E-state index contributed by atoms with van der Waals surface area (Å²) < 4.78 is 17.7. The molecule has 9 atom stereocenters. The zero-order valence-electron chi connectivity index (χ0n) is 22.7. The highest BCUT2D eigenvalue weighted by Gasteiger charge is 2.77. The van der Waals surface area contributed by atoms with Gasteiger partial charge in [-0.15, -0.1) is 0 Å². The Labute approximate surface area is 226 Å². The number of Topliss-reactive ketones (excluding diaryl/α,β-unsaturated/α-hetero) is 1. The van der Waals surface area contributed by atoms with Gasteiger partial charge in [0.15, 0.2) is 11.4 Å². The smallest absolute Gasteiger partial charge is 0.338 e. The molecule has 3 fully saturated rings. The van der Waals surface area contributed by atoms with E-state index in [1.807, 2.05) is 0 Å². The molecule has 0 amide bonds. The van der Waals surface area contributed by atoms with Crippen molar-refractivity contribution in [2.24, 2.45) is 16.7 Å².